The number of sulfone groups is 1. The summed E-state index contributed by atoms with van der Waals surface area (Å²) >= 11 is 1.63. The molecule has 0 aliphatic carbocycles. The van der Waals surface area contributed by atoms with Crippen LogP contribution in [0.2, 0.25) is 0 Å². The molecule has 2 heterocycles. The van der Waals surface area contributed by atoms with Crippen molar-refractivity contribution in [2.45, 2.75) is 24.8 Å². The second kappa shape index (κ2) is 5.36. The van der Waals surface area contributed by atoms with Crippen molar-refractivity contribution in [2.75, 3.05) is 17.8 Å². The van der Waals surface area contributed by atoms with Gasteiger partial charge in [-0.15, -0.1) is 0 Å². The number of nitrogens with one attached hydrogen (secondary N) is 1. The number of thioether (sulfide) groups is 1. The molecule has 1 fully saturated rings. The summed E-state index contributed by atoms with van der Waals surface area (Å²) in [7, 11) is -2.84. The Morgan fingerprint density at radius 2 is 2.41 bits per heavy atom. The molecule has 0 bridgehead atoms. The van der Waals surface area contributed by atoms with Crippen molar-refractivity contribution in [1.82, 2.24) is 15.5 Å². The van der Waals surface area contributed by atoms with Crippen LogP contribution in [0, 0.1) is 0 Å². The standard InChI is InChI=1S/C9H15N3O3S2/c1-16-5-8-11-9(15-12-8)4-10-7-2-3-17(13,14)6-7/h7,10H,2-6H2,1H3. The summed E-state index contributed by atoms with van der Waals surface area (Å²) in [5, 5.41) is 6.94. The molecule has 0 spiro atoms. The maximum absolute atomic E-state index is 11.2. The first-order chi connectivity index (χ1) is 8.09. The summed E-state index contributed by atoms with van der Waals surface area (Å²) in [6, 6.07) is 0.0101. The number of rotatable bonds is 5. The van der Waals surface area contributed by atoms with Gasteiger partial charge in [0.1, 0.15) is 0 Å². The molecule has 1 aromatic heterocycles. The van der Waals surface area contributed by atoms with Crippen molar-refractivity contribution in [3.63, 3.8) is 0 Å². The summed E-state index contributed by atoms with van der Waals surface area (Å²) in [6.45, 7) is 0.432. The van der Waals surface area contributed by atoms with E-state index in [2.05, 4.69) is 15.5 Å². The first-order valence-corrected chi connectivity index (χ1v) is 8.55. The Balaban J connectivity index is 1.82. The Kier molecular flexibility index (Phi) is 4.05. The minimum absolute atomic E-state index is 0.0101. The highest BCUT2D eigenvalue weighted by Crippen LogP contribution is 2.12. The zero-order valence-corrected chi connectivity index (χ0v) is 11.2. The molecule has 1 aliphatic rings. The van der Waals surface area contributed by atoms with Crippen LogP contribution in [-0.4, -0.2) is 42.4 Å². The van der Waals surface area contributed by atoms with Gasteiger partial charge in [-0.3, -0.25) is 0 Å². The molecule has 0 radical (unpaired) electrons. The molecule has 1 atom stereocenters. The van der Waals surface area contributed by atoms with Crippen molar-refractivity contribution in [1.29, 1.82) is 0 Å². The zero-order chi connectivity index (χ0) is 12.3. The Morgan fingerprint density at radius 3 is 3.06 bits per heavy atom. The van der Waals surface area contributed by atoms with Gasteiger partial charge in [0.25, 0.3) is 0 Å². The lowest BCUT2D eigenvalue weighted by Gasteiger charge is -2.06. The van der Waals surface area contributed by atoms with Gasteiger partial charge >= 0.3 is 0 Å². The average molecular weight is 277 g/mol. The summed E-state index contributed by atoms with van der Waals surface area (Å²) in [5.74, 6) is 2.39. The van der Waals surface area contributed by atoms with Crippen LogP contribution in [0.15, 0.2) is 4.52 Å². The van der Waals surface area contributed by atoms with Crippen LogP contribution >= 0.6 is 11.8 Å². The van der Waals surface area contributed by atoms with Crippen molar-refractivity contribution < 1.29 is 12.9 Å². The van der Waals surface area contributed by atoms with Crippen LogP contribution in [0.5, 0.6) is 0 Å². The van der Waals surface area contributed by atoms with Crippen LogP contribution < -0.4 is 5.32 Å². The second-order valence-electron chi connectivity index (χ2n) is 4.02. The first kappa shape index (κ1) is 12.8. The zero-order valence-electron chi connectivity index (χ0n) is 9.55. The van der Waals surface area contributed by atoms with E-state index in [1.807, 2.05) is 6.26 Å². The minimum Gasteiger partial charge on any atom is -0.338 e. The van der Waals surface area contributed by atoms with Gasteiger partial charge in [-0.05, 0) is 12.7 Å². The summed E-state index contributed by atoms with van der Waals surface area (Å²) in [6.07, 6.45) is 2.63. The highest BCUT2D eigenvalue weighted by molar-refractivity contribution is 7.97. The molecule has 0 aromatic carbocycles. The quantitative estimate of drug-likeness (QED) is 0.823. The molecule has 1 aromatic rings. The third-order valence-corrected chi connectivity index (χ3v) is 4.87. The molecule has 0 amide bonds. The molecule has 1 saturated heterocycles. The van der Waals surface area contributed by atoms with Gasteiger partial charge in [-0.1, -0.05) is 5.16 Å². The molecule has 96 valence electrons. The van der Waals surface area contributed by atoms with Crippen molar-refractivity contribution in [3.05, 3.63) is 11.7 Å². The second-order valence-corrected chi connectivity index (χ2v) is 7.11. The van der Waals surface area contributed by atoms with E-state index in [0.717, 1.165) is 5.75 Å². The smallest absolute Gasteiger partial charge is 0.240 e. The topological polar surface area (TPSA) is 85.1 Å². The van der Waals surface area contributed by atoms with Gasteiger partial charge < -0.3 is 9.84 Å². The van der Waals surface area contributed by atoms with Crippen LogP contribution in [0.25, 0.3) is 0 Å². The Hall–Kier alpha value is -0.600. The van der Waals surface area contributed by atoms with Gasteiger partial charge in [0.05, 0.1) is 23.8 Å². The fourth-order valence-corrected chi connectivity index (χ4v) is 3.82. The lowest BCUT2D eigenvalue weighted by molar-refractivity contribution is 0.357. The van der Waals surface area contributed by atoms with Gasteiger partial charge in [-0.2, -0.15) is 16.7 Å². The van der Waals surface area contributed by atoms with Gasteiger partial charge in [0.2, 0.25) is 5.89 Å². The molecule has 6 nitrogen and oxygen atoms in total. The number of nitrogens with zero attached hydrogens (tertiary/aromatic N) is 2. The van der Waals surface area contributed by atoms with E-state index in [1.165, 1.54) is 0 Å². The third kappa shape index (κ3) is 3.68. The van der Waals surface area contributed by atoms with E-state index in [4.69, 9.17) is 4.52 Å². The molecule has 1 unspecified atom stereocenters. The predicted molar refractivity (Wildman–Crippen MR) is 65.4 cm³/mol. The summed E-state index contributed by atoms with van der Waals surface area (Å²) in [4.78, 5) is 4.19. The van der Waals surface area contributed by atoms with Crippen molar-refractivity contribution in [3.8, 4) is 0 Å². The molecular formula is C9H15N3O3S2. The van der Waals surface area contributed by atoms with E-state index in [9.17, 15) is 8.42 Å². The molecule has 17 heavy (non-hydrogen) atoms. The predicted octanol–water partition coefficient (Wildman–Crippen LogP) is 0.209. The minimum atomic E-state index is -2.84. The van der Waals surface area contributed by atoms with Crippen LogP contribution in [0.4, 0.5) is 0 Å². The molecule has 1 aliphatic heterocycles. The third-order valence-electron chi connectivity index (χ3n) is 2.56. The summed E-state index contributed by atoms with van der Waals surface area (Å²) < 4.78 is 27.5. The maximum Gasteiger partial charge on any atom is 0.240 e. The number of hydrogen-bond donors (Lipinski definition) is 1. The van der Waals surface area contributed by atoms with Gasteiger partial charge in [0, 0.05) is 6.04 Å². The first-order valence-electron chi connectivity index (χ1n) is 5.33. The normalized spacial score (nSPS) is 23.0. The average Bonchev–Trinajstić information content (AvgIpc) is 2.83. The molecule has 1 N–H and O–H groups in total. The van der Waals surface area contributed by atoms with Crippen molar-refractivity contribution >= 4 is 21.6 Å². The lowest BCUT2D eigenvalue weighted by Crippen LogP contribution is -2.29. The Labute approximate surface area is 104 Å². The molecule has 8 heteroatoms. The maximum atomic E-state index is 11.2. The van der Waals surface area contributed by atoms with Gasteiger partial charge in [-0.25, -0.2) is 8.42 Å². The lowest BCUT2D eigenvalue weighted by atomic mass is 10.3. The highest BCUT2D eigenvalue weighted by Gasteiger charge is 2.27. The Bertz CT molecular complexity index is 472. The number of aromatic nitrogens is 2. The monoisotopic (exact) mass is 277 g/mol. The van der Waals surface area contributed by atoms with E-state index < -0.39 is 9.84 Å². The van der Waals surface area contributed by atoms with Gasteiger partial charge in [0.15, 0.2) is 15.7 Å². The SMILES string of the molecule is CSCc1noc(CNC2CCS(=O)(=O)C2)n1. The number of hydrogen-bond acceptors (Lipinski definition) is 7. The fourth-order valence-electron chi connectivity index (χ4n) is 1.74. The van der Waals surface area contributed by atoms with Crippen LogP contribution in [0.1, 0.15) is 18.1 Å². The Morgan fingerprint density at radius 1 is 1.59 bits per heavy atom. The fraction of sp³-hybridized carbons (Fsp3) is 0.778. The summed E-state index contributed by atoms with van der Waals surface area (Å²) in [5.41, 5.74) is 0. The van der Waals surface area contributed by atoms with Crippen LogP contribution in [-0.2, 0) is 22.1 Å². The van der Waals surface area contributed by atoms with E-state index >= 15 is 0 Å². The highest BCUT2D eigenvalue weighted by atomic mass is 32.2. The van der Waals surface area contributed by atoms with Crippen molar-refractivity contribution in [2.24, 2.45) is 0 Å². The van der Waals surface area contributed by atoms with E-state index in [0.29, 0.717) is 24.7 Å². The largest absolute Gasteiger partial charge is 0.338 e. The van der Waals surface area contributed by atoms with Crippen LogP contribution in [0.3, 0.4) is 0 Å². The van der Waals surface area contributed by atoms with E-state index in [-0.39, 0.29) is 17.5 Å². The van der Waals surface area contributed by atoms with E-state index in [1.54, 1.807) is 11.8 Å². The molecule has 2 rings (SSSR count). The molecular weight excluding hydrogens is 262 g/mol. The molecule has 0 saturated carbocycles.